The first-order chi connectivity index (χ1) is 18.6. The summed E-state index contributed by atoms with van der Waals surface area (Å²) in [4.78, 5) is 4.78. The highest BCUT2D eigenvalue weighted by Crippen LogP contribution is 2.38. The fourth-order valence-electron chi connectivity index (χ4n) is 4.55. The van der Waals surface area contributed by atoms with Gasteiger partial charge >= 0.3 is 11.9 Å². The van der Waals surface area contributed by atoms with Crippen LogP contribution in [-0.2, 0) is 6.54 Å². The minimum Gasteiger partial charge on any atom is -0.493 e. The number of benzene rings is 3. The number of aromatic nitrogens is 4. The number of pyridine rings is 1. The van der Waals surface area contributed by atoms with Gasteiger partial charge in [-0.05, 0) is 59.3 Å². The van der Waals surface area contributed by atoms with Crippen LogP contribution in [-0.4, -0.2) is 43.6 Å². The van der Waals surface area contributed by atoms with Crippen LogP contribution in [0.25, 0.3) is 28.0 Å². The van der Waals surface area contributed by atoms with Crippen LogP contribution >= 0.6 is 0 Å². The lowest BCUT2D eigenvalue weighted by Gasteiger charge is -2.16. The predicted molar refractivity (Wildman–Crippen MR) is 146 cm³/mol. The average molecular weight is 513 g/mol. The Kier molecular flexibility index (Phi) is 6.99. The number of anilines is 1. The molecule has 194 valence electrons. The second-order valence-electron chi connectivity index (χ2n) is 8.66. The summed E-state index contributed by atoms with van der Waals surface area (Å²) in [5.74, 6) is 3.61. The maximum absolute atomic E-state index is 5.64. The van der Waals surface area contributed by atoms with E-state index in [-0.39, 0.29) is 0 Å². The van der Waals surface area contributed by atoms with E-state index in [2.05, 4.69) is 33.7 Å². The molecule has 38 heavy (non-hydrogen) atoms. The van der Waals surface area contributed by atoms with Gasteiger partial charge in [-0.15, -0.1) is 0 Å². The van der Waals surface area contributed by atoms with E-state index in [1.165, 1.54) is 0 Å². The molecule has 0 unspecified atom stereocenters. The number of nitrogens with zero attached hydrogens (tertiary/aromatic N) is 3. The predicted octanol–water partition coefficient (Wildman–Crippen LogP) is 4.86. The van der Waals surface area contributed by atoms with Crippen molar-refractivity contribution in [2.24, 2.45) is 0 Å². The van der Waals surface area contributed by atoms with E-state index in [1.807, 2.05) is 60.0 Å². The largest absolute Gasteiger partial charge is 0.493 e. The molecule has 5 aromatic rings. The van der Waals surface area contributed by atoms with E-state index in [4.69, 9.17) is 23.9 Å². The van der Waals surface area contributed by atoms with E-state index < -0.39 is 0 Å². The summed E-state index contributed by atoms with van der Waals surface area (Å²) in [6.07, 6.45) is 0. The number of aryl methyl sites for hydroxylation is 1. The molecule has 0 saturated carbocycles. The van der Waals surface area contributed by atoms with E-state index >= 15 is 0 Å². The van der Waals surface area contributed by atoms with Crippen LogP contribution in [0.3, 0.4) is 0 Å². The van der Waals surface area contributed by atoms with E-state index in [0.717, 1.165) is 33.3 Å². The molecule has 0 saturated heterocycles. The van der Waals surface area contributed by atoms with Crippen molar-refractivity contribution in [3.05, 3.63) is 78.0 Å². The van der Waals surface area contributed by atoms with Gasteiger partial charge in [0.05, 0.1) is 34.1 Å². The number of ether oxygens (including phenoxy) is 4. The van der Waals surface area contributed by atoms with E-state index in [9.17, 15) is 0 Å². The summed E-state index contributed by atoms with van der Waals surface area (Å²) in [5, 5.41) is 12.8. The van der Waals surface area contributed by atoms with Gasteiger partial charge in [0.25, 0.3) is 0 Å². The number of hydrogen-bond acceptors (Lipinski definition) is 7. The summed E-state index contributed by atoms with van der Waals surface area (Å²) in [6, 6.07) is 22.0. The van der Waals surface area contributed by atoms with Crippen molar-refractivity contribution in [2.45, 2.75) is 13.5 Å². The Morgan fingerprint density at radius 3 is 2.18 bits per heavy atom. The van der Waals surface area contributed by atoms with Crippen molar-refractivity contribution in [3.63, 3.8) is 0 Å². The zero-order valence-corrected chi connectivity index (χ0v) is 22.0. The Morgan fingerprint density at radius 2 is 1.47 bits per heavy atom. The molecule has 0 atom stereocenters. The molecule has 2 heterocycles. The highest BCUT2D eigenvalue weighted by Gasteiger charge is 2.26. The first kappa shape index (κ1) is 24.9. The fraction of sp³-hybridized carbons (Fsp3) is 0.207. The number of fused-ring (bicyclic) bond motifs is 1. The molecule has 0 fully saturated rings. The topological polar surface area (TPSA) is 94.4 Å². The fourth-order valence-corrected chi connectivity index (χ4v) is 4.55. The Hall–Kier alpha value is -4.79. The molecule has 2 N–H and O–H groups in total. The molecular formula is C29H30N5O4+. The molecule has 0 aliphatic rings. The zero-order valence-electron chi connectivity index (χ0n) is 22.0. The van der Waals surface area contributed by atoms with Crippen LogP contribution in [0.2, 0.25) is 0 Å². The van der Waals surface area contributed by atoms with Crippen LogP contribution in [0.1, 0.15) is 11.3 Å². The first-order valence-corrected chi connectivity index (χ1v) is 12.1. The lowest BCUT2D eigenvalue weighted by molar-refractivity contribution is -0.597. The Bertz CT molecular complexity index is 1580. The van der Waals surface area contributed by atoms with Gasteiger partial charge in [0.2, 0.25) is 0 Å². The molecular weight excluding hydrogens is 482 g/mol. The van der Waals surface area contributed by atoms with Gasteiger partial charge in [-0.25, -0.2) is 0 Å². The van der Waals surface area contributed by atoms with Crippen LogP contribution in [0.15, 0.2) is 66.7 Å². The summed E-state index contributed by atoms with van der Waals surface area (Å²) in [6.45, 7) is 2.64. The van der Waals surface area contributed by atoms with Gasteiger partial charge in [-0.1, -0.05) is 30.3 Å². The molecule has 0 spiro atoms. The Balaban J connectivity index is 1.69. The van der Waals surface area contributed by atoms with Crippen LogP contribution < -0.4 is 28.8 Å². The molecule has 5 rings (SSSR count). The quantitative estimate of drug-likeness (QED) is 0.273. The first-order valence-electron chi connectivity index (χ1n) is 12.1. The third-order valence-corrected chi connectivity index (χ3v) is 6.38. The van der Waals surface area contributed by atoms with Crippen LogP contribution in [0, 0.1) is 6.92 Å². The number of H-pyrrole nitrogens is 1. The minimum absolute atomic E-state index is 0.500. The maximum atomic E-state index is 5.64. The molecule has 0 aliphatic carbocycles. The third kappa shape index (κ3) is 4.66. The molecule has 0 aliphatic heterocycles. The van der Waals surface area contributed by atoms with Crippen molar-refractivity contribution in [2.75, 3.05) is 33.8 Å². The highest BCUT2D eigenvalue weighted by molar-refractivity contribution is 5.96. The number of nitrogens with one attached hydrogen (secondary N) is 2. The summed E-state index contributed by atoms with van der Waals surface area (Å²) < 4.78 is 24.3. The van der Waals surface area contributed by atoms with Gasteiger partial charge in [-0.2, -0.15) is 9.67 Å². The molecule has 3 aromatic carbocycles. The lowest BCUT2D eigenvalue weighted by Crippen LogP contribution is -2.38. The van der Waals surface area contributed by atoms with Crippen molar-refractivity contribution >= 4 is 16.7 Å². The van der Waals surface area contributed by atoms with Gasteiger partial charge in [-0.3, -0.25) is 0 Å². The molecule has 0 bridgehead atoms. The van der Waals surface area contributed by atoms with Gasteiger partial charge in [0.1, 0.15) is 5.69 Å². The van der Waals surface area contributed by atoms with Crippen molar-refractivity contribution in [3.8, 4) is 40.2 Å². The molecule has 0 radical (unpaired) electrons. The summed E-state index contributed by atoms with van der Waals surface area (Å²) in [7, 11) is 6.50. The molecule has 9 nitrogen and oxygen atoms in total. The highest BCUT2D eigenvalue weighted by atomic mass is 16.5. The Labute approximate surface area is 221 Å². The monoisotopic (exact) mass is 512 g/mol. The van der Waals surface area contributed by atoms with Gasteiger partial charge in [0.15, 0.2) is 23.0 Å². The second-order valence-corrected chi connectivity index (χ2v) is 8.66. The van der Waals surface area contributed by atoms with Gasteiger partial charge < -0.3 is 24.3 Å². The van der Waals surface area contributed by atoms with Crippen molar-refractivity contribution < 1.29 is 23.5 Å². The van der Waals surface area contributed by atoms with Gasteiger partial charge in [0, 0.05) is 22.6 Å². The zero-order chi connectivity index (χ0) is 26.6. The van der Waals surface area contributed by atoms with E-state index in [0.29, 0.717) is 41.4 Å². The van der Waals surface area contributed by atoms with Crippen LogP contribution in [0.5, 0.6) is 23.0 Å². The van der Waals surface area contributed by atoms with Crippen molar-refractivity contribution in [1.29, 1.82) is 0 Å². The number of aromatic amines is 1. The molecule has 2 aromatic heterocycles. The number of hydrogen-bond donors (Lipinski definition) is 2. The number of rotatable bonds is 9. The molecule has 9 heteroatoms. The minimum atomic E-state index is 0.500. The maximum Gasteiger partial charge on any atom is 0.462 e. The Morgan fingerprint density at radius 1 is 0.789 bits per heavy atom. The average Bonchev–Trinajstić information content (AvgIpc) is 3.43. The third-order valence-electron chi connectivity index (χ3n) is 6.38. The smallest absolute Gasteiger partial charge is 0.462 e. The standard InChI is InChI=1S/C29H30N5O4/c1-18-13-21-15-25(37-4)26(38-5)16-22(21)27(20-11-12-23(35-2)24(14-20)36-3)34(18)29-31-28(32-33-29)30-17-19-9-7-6-8-10-19/h6-16H,17H2,1-5H3,(H2,30,31,32,33)/q+1. The summed E-state index contributed by atoms with van der Waals surface area (Å²) in [5.41, 5.74) is 3.85. The second kappa shape index (κ2) is 10.7. The normalized spacial score (nSPS) is 10.9. The van der Waals surface area contributed by atoms with Crippen molar-refractivity contribution in [1.82, 2.24) is 15.2 Å². The SMILES string of the molecule is COc1ccc(-c2c3cc(OC)c(OC)cc3cc(C)[n+]2-c2n[nH]c(NCc3ccccc3)n2)cc1OC. The molecule has 0 amide bonds. The summed E-state index contributed by atoms with van der Waals surface area (Å²) >= 11 is 0. The van der Waals surface area contributed by atoms with Crippen LogP contribution in [0.4, 0.5) is 5.95 Å². The van der Waals surface area contributed by atoms with E-state index in [1.54, 1.807) is 28.4 Å². The number of methoxy groups -OCH3 is 4. The lowest BCUT2D eigenvalue weighted by atomic mass is 10.0.